The van der Waals surface area contributed by atoms with E-state index in [4.69, 9.17) is 25.5 Å². The van der Waals surface area contributed by atoms with Crippen LogP contribution in [0, 0.1) is 5.92 Å². The third kappa shape index (κ3) is 6.87. The van der Waals surface area contributed by atoms with Crippen LogP contribution >= 0.6 is 0 Å². The highest BCUT2D eigenvalue weighted by Crippen LogP contribution is 2.28. The molecule has 3 aromatic rings. The molecule has 10 heteroatoms. The molecule has 3 atom stereocenters. The van der Waals surface area contributed by atoms with E-state index in [1.807, 2.05) is 77.1 Å². The van der Waals surface area contributed by atoms with Crippen molar-refractivity contribution in [3.63, 3.8) is 0 Å². The van der Waals surface area contributed by atoms with Crippen molar-refractivity contribution in [2.24, 2.45) is 17.4 Å². The molecule has 1 amide bonds. The number of rotatable bonds is 10. The molecule has 2 heterocycles. The number of ether oxygens (including phenoxy) is 1. The van der Waals surface area contributed by atoms with Crippen LogP contribution < -0.4 is 22.2 Å². The quantitative estimate of drug-likeness (QED) is 0.260. The van der Waals surface area contributed by atoms with Crippen LogP contribution in [-0.2, 0) is 30.2 Å². The number of pyridine rings is 1. The fourth-order valence-electron chi connectivity index (χ4n) is 4.71. The summed E-state index contributed by atoms with van der Waals surface area (Å²) in [5.41, 5.74) is 14.4. The third-order valence-electron chi connectivity index (χ3n) is 7.40. The smallest absolute Gasteiger partial charge is 0.460 e. The predicted octanol–water partition coefficient (Wildman–Crippen LogP) is 3.24. The van der Waals surface area contributed by atoms with Crippen molar-refractivity contribution in [2.45, 2.75) is 71.3 Å². The molecule has 0 aliphatic carbocycles. The fourth-order valence-corrected chi connectivity index (χ4v) is 4.71. The van der Waals surface area contributed by atoms with Crippen molar-refractivity contribution in [3.8, 4) is 0 Å². The molecule has 0 saturated carbocycles. The van der Waals surface area contributed by atoms with E-state index in [0.29, 0.717) is 28.7 Å². The Morgan fingerprint density at radius 3 is 2.60 bits per heavy atom. The van der Waals surface area contributed by atoms with Crippen LogP contribution in [0.2, 0.25) is 0 Å². The monoisotopic (exact) mass is 546 g/mol. The van der Waals surface area contributed by atoms with Gasteiger partial charge in [-0.3, -0.25) is 14.6 Å². The van der Waals surface area contributed by atoms with Gasteiger partial charge in [0.15, 0.2) is 0 Å². The van der Waals surface area contributed by atoms with Gasteiger partial charge in [-0.2, -0.15) is 0 Å². The van der Waals surface area contributed by atoms with Crippen molar-refractivity contribution in [3.05, 3.63) is 66.0 Å². The maximum atomic E-state index is 13.4. The highest BCUT2D eigenvalue weighted by molar-refractivity contribution is 6.62. The number of carbonyl (C=O) groups excluding carboxylic acids is 2. The van der Waals surface area contributed by atoms with E-state index in [9.17, 15) is 9.59 Å². The molecule has 0 spiro atoms. The molecule has 2 aromatic carbocycles. The summed E-state index contributed by atoms with van der Waals surface area (Å²) in [4.78, 5) is 30.0. The topological polar surface area (TPSA) is 139 Å². The second-order valence-corrected chi connectivity index (χ2v) is 11.3. The first-order valence-corrected chi connectivity index (χ1v) is 13.7. The number of fused-ring (bicyclic) bond motifs is 1. The average molecular weight is 546 g/mol. The zero-order valence-electron chi connectivity index (χ0n) is 23.8. The number of hydrogen-bond donors (Lipinski definition) is 3. The number of anilines is 1. The van der Waals surface area contributed by atoms with Gasteiger partial charge in [0.25, 0.3) is 0 Å². The van der Waals surface area contributed by atoms with Gasteiger partial charge in [-0.05, 0) is 73.3 Å². The van der Waals surface area contributed by atoms with E-state index < -0.39 is 30.6 Å². The maximum Gasteiger partial charge on any atom is 0.495 e. The van der Waals surface area contributed by atoms with Crippen LogP contribution in [0.15, 0.2) is 54.9 Å². The molecule has 212 valence electrons. The Balaban J connectivity index is 1.58. The summed E-state index contributed by atoms with van der Waals surface area (Å²) >= 11 is 0. The van der Waals surface area contributed by atoms with Crippen LogP contribution in [0.4, 0.5) is 5.69 Å². The first-order chi connectivity index (χ1) is 19.0. The molecule has 3 unspecified atom stereocenters. The Hall–Kier alpha value is -3.31. The average Bonchev–Trinajstić information content (AvgIpc) is 3.19. The van der Waals surface area contributed by atoms with Crippen LogP contribution in [0.5, 0.6) is 0 Å². The molecule has 9 nitrogen and oxygen atoms in total. The molecule has 0 radical (unpaired) electrons. The molecule has 40 heavy (non-hydrogen) atoms. The van der Waals surface area contributed by atoms with Gasteiger partial charge in [0.2, 0.25) is 5.91 Å². The first-order valence-electron chi connectivity index (χ1n) is 13.7. The standard InChI is InChI=1S/C30H39BN4O5/c1-18(2)12-27(33)29(37)38-17-23-7-6-21(14-26(23)31-39-19(3)30(4,5)40-31)25(15-32)28(36)35-24-9-8-22-16-34-11-10-20(22)13-24/h6-11,13-14,16,18-19,25,27H,12,15,17,32-33H2,1-5H3,(H,35,36). The molecule has 5 N–H and O–H groups in total. The third-order valence-corrected chi connectivity index (χ3v) is 7.40. The Morgan fingerprint density at radius 2 is 1.93 bits per heavy atom. The predicted molar refractivity (Wildman–Crippen MR) is 157 cm³/mol. The van der Waals surface area contributed by atoms with Crippen LogP contribution in [-0.4, -0.2) is 48.3 Å². The normalized spacial score (nSPS) is 18.1. The molecule has 4 rings (SSSR count). The van der Waals surface area contributed by atoms with Gasteiger partial charge in [0.05, 0.1) is 17.6 Å². The Bertz CT molecular complexity index is 1360. The second kappa shape index (κ2) is 12.5. The molecular weight excluding hydrogens is 507 g/mol. The Kier molecular flexibility index (Phi) is 9.25. The van der Waals surface area contributed by atoms with Crippen LogP contribution in [0.25, 0.3) is 10.8 Å². The second-order valence-electron chi connectivity index (χ2n) is 11.3. The Labute approximate surface area is 236 Å². The van der Waals surface area contributed by atoms with Crippen molar-refractivity contribution < 1.29 is 23.6 Å². The summed E-state index contributed by atoms with van der Waals surface area (Å²) in [7, 11) is -0.696. The molecule has 0 bridgehead atoms. The molecule has 1 fully saturated rings. The summed E-state index contributed by atoms with van der Waals surface area (Å²) in [5, 5.41) is 4.94. The lowest BCUT2D eigenvalue weighted by atomic mass is 9.74. The molecule has 1 aromatic heterocycles. The zero-order chi connectivity index (χ0) is 29.0. The first kappa shape index (κ1) is 29.7. The van der Waals surface area contributed by atoms with Crippen LogP contribution in [0.3, 0.4) is 0 Å². The zero-order valence-corrected chi connectivity index (χ0v) is 23.8. The lowest BCUT2D eigenvalue weighted by Crippen LogP contribution is -2.39. The highest BCUT2D eigenvalue weighted by atomic mass is 16.7. The van der Waals surface area contributed by atoms with E-state index in [0.717, 1.165) is 10.8 Å². The number of nitrogens with two attached hydrogens (primary N) is 2. The number of nitrogens with zero attached hydrogens (tertiary/aromatic N) is 1. The highest BCUT2D eigenvalue weighted by Gasteiger charge is 2.45. The lowest BCUT2D eigenvalue weighted by molar-refractivity contribution is -0.146. The number of nitrogens with one attached hydrogen (secondary N) is 1. The summed E-state index contributed by atoms with van der Waals surface area (Å²) < 4.78 is 18.0. The number of carbonyl (C=O) groups is 2. The van der Waals surface area contributed by atoms with Crippen molar-refractivity contribution in [1.29, 1.82) is 0 Å². The van der Waals surface area contributed by atoms with Gasteiger partial charge in [-0.25, -0.2) is 0 Å². The number of benzene rings is 2. The van der Waals surface area contributed by atoms with Gasteiger partial charge < -0.3 is 30.8 Å². The molecule has 1 aliphatic heterocycles. The maximum absolute atomic E-state index is 13.4. The van der Waals surface area contributed by atoms with Crippen molar-refractivity contribution >= 4 is 40.9 Å². The summed E-state index contributed by atoms with van der Waals surface area (Å²) in [6, 6.07) is 12.4. The van der Waals surface area contributed by atoms with Crippen molar-refractivity contribution in [2.75, 3.05) is 11.9 Å². The Morgan fingerprint density at radius 1 is 1.15 bits per heavy atom. The van der Waals surface area contributed by atoms with E-state index >= 15 is 0 Å². The summed E-state index contributed by atoms with van der Waals surface area (Å²) in [6.07, 6.45) is 3.85. The lowest BCUT2D eigenvalue weighted by Gasteiger charge is -2.22. The van der Waals surface area contributed by atoms with Crippen LogP contribution in [0.1, 0.15) is 58.1 Å². The van der Waals surface area contributed by atoms with Gasteiger partial charge in [0, 0.05) is 30.0 Å². The van der Waals surface area contributed by atoms with Gasteiger partial charge in [-0.1, -0.05) is 38.1 Å². The minimum absolute atomic E-state index is 0.00368. The fraction of sp³-hybridized carbons (Fsp3) is 0.433. The molecule has 1 aliphatic rings. The minimum atomic E-state index is -0.697. The number of hydrogen-bond acceptors (Lipinski definition) is 8. The molecular formula is C30H39BN4O5. The van der Waals surface area contributed by atoms with E-state index in [2.05, 4.69) is 10.3 Å². The minimum Gasteiger partial charge on any atom is -0.460 e. The van der Waals surface area contributed by atoms with Gasteiger partial charge >= 0.3 is 13.1 Å². The van der Waals surface area contributed by atoms with Crippen molar-refractivity contribution in [1.82, 2.24) is 4.98 Å². The van der Waals surface area contributed by atoms with Gasteiger partial charge in [-0.15, -0.1) is 0 Å². The number of amides is 1. The summed E-state index contributed by atoms with van der Waals surface area (Å²) in [6.45, 7) is 9.97. The molecule has 1 saturated heterocycles. The van der Waals surface area contributed by atoms with E-state index in [-0.39, 0.29) is 31.1 Å². The van der Waals surface area contributed by atoms with E-state index in [1.54, 1.807) is 12.4 Å². The number of aromatic nitrogens is 1. The van der Waals surface area contributed by atoms with E-state index in [1.165, 1.54) is 0 Å². The number of esters is 1. The SMILES string of the molecule is CC(C)CC(N)C(=O)OCc1ccc(C(CN)C(=O)Nc2ccc3cnccc3c2)cc1B1OC(C)C(C)(C)O1. The summed E-state index contributed by atoms with van der Waals surface area (Å²) in [5.74, 6) is -1.05. The van der Waals surface area contributed by atoms with Gasteiger partial charge in [0.1, 0.15) is 12.6 Å². The largest absolute Gasteiger partial charge is 0.495 e.